The number of ether oxygens (including phenoxy) is 1. The number of rotatable bonds is 6. The van der Waals surface area contributed by atoms with Crippen LogP contribution in [0.25, 0.3) is 11.3 Å². The average molecular weight is 497 g/mol. The number of carbonyl (C=O) groups excluding carboxylic acids is 1. The van der Waals surface area contributed by atoms with Crippen molar-refractivity contribution in [2.45, 2.75) is 6.18 Å². The molecule has 0 saturated heterocycles. The summed E-state index contributed by atoms with van der Waals surface area (Å²) in [6.45, 7) is 0. The van der Waals surface area contributed by atoms with Gasteiger partial charge in [-0.15, -0.1) is 0 Å². The van der Waals surface area contributed by atoms with Gasteiger partial charge in [-0.1, -0.05) is 0 Å². The highest BCUT2D eigenvalue weighted by atomic mass is 19.4. The highest BCUT2D eigenvalue weighted by Gasteiger charge is 2.30. The molecular formula is C24H18F3N5O4. The normalized spacial score (nSPS) is 11.1. The third-order valence-corrected chi connectivity index (χ3v) is 4.98. The maximum Gasteiger partial charge on any atom is 0.416 e. The van der Waals surface area contributed by atoms with Gasteiger partial charge in [0, 0.05) is 55.1 Å². The van der Waals surface area contributed by atoms with E-state index in [0.717, 1.165) is 29.8 Å². The number of alkyl halides is 3. The van der Waals surface area contributed by atoms with E-state index >= 15 is 0 Å². The Balaban J connectivity index is 1.51. The number of aryl methyl sites for hydroxylation is 1. The summed E-state index contributed by atoms with van der Waals surface area (Å²) < 4.78 is 45.8. The zero-order valence-electron chi connectivity index (χ0n) is 18.6. The predicted molar refractivity (Wildman–Crippen MR) is 126 cm³/mol. The van der Waals surface area contributed by atoms with Gasteiger partial charge >= 0.3 is 12.2 Å². The van der Waals surface area contributed by atoms with Crippen molar-refractivity contribution in [3.63, 3.8) is 0 Å². The van der Waals surface area contributed by atoms with Crippen LogP contribution >= 0.6 is 0 Å². The predicted octanol–water partition coefficient (Wildman–Crippen LogP) is 6.45. The van der Waals surface area contributed by atoms with Gasteiger partial charge < -0.3 is 19.9 Å². The lowest BCUT2D eigenvalue weighted by Crippen LogP contribution is -2.20. The summed E-state index contributed by atoms with van der Waals surface area (Å²) in [5, 5.41) is 16.1. The molecule has 184 valence electrons. The second-order valence-electron chi connectivity index (χ2n) is 7.63. The largest absolute Gasteiger partial charge is 0.457 e. The minimum absolute atomic E-state index is 0.0702. The second kappa shape index (κ2) is 9.78. The summed E-state index contributed by atoms with van der Waals surface area (Å²) in [5.41, 5.74) is 0.156. The van der Waals surface area contributed by atoms with Crippen molar-refractivity contribution in [1.82, 2.24) is 9.55 Å². The Hall–Kier alpha value is -4.87. The van der Waals surface area contributed by atoms with Gasteiger partial charge in [0.2, 0.25) is 0 Å². The summed E-state index contributed by atoms with van der Waals surface area (Å²) in [7, 11) is 1.88. The molecule has 0 bridgehead atoms. The van der Waals surface area contributed by atoms with E-state index in [1.807, 2.05) is 30.1 Å². The van der Waals surface area contributed by atoms with E-state index < -0.39 is 28.4 Å². The van der Waals surface area contributed by atoms with Gasteiger partial charge in [-0.25, -0.2) is 4.79 Å². The van der Waals surface area contributed by atoms with Crippen LogP contribution in [-0.2, 0) is 13.2 Å². The van der Waals surface area contributed by atoms with E-state index in [4.69, 9.17) is 4.74 Å². The lowest BCUT2D eigenvalue weighted by atomic mass is 10.2. The first-order chi connectivity index (χ1) is 17.1. The quantitative estimate of drug-likeness (QED) is 0.235. The van der Waals surface area contributed by atoms with Gasteiger partial charge in [-0.2, -0.15) is 13.2 Å². The first kappa shape index (κ1) is 24.3. The standard InChI is InChI=1S/C24H18F3N5O4/c1-31-11-9-15(14-31)20-12-19(8-10-28-20)36-18-6-7-22(32(34)35)21(13-18)30-23(33)29-17-4-2-16(3-5-17)24(25,26)27/h2-14H,1H3,(H2,29,30,33). The lowest BCUT2D eigenvalue weighted by molar-refractivity contribution is -0.383. The van der Waals surface area contributed by atoms with E-state index in [2.05, 4.69) is 15.6 Å². The van der Waals surface area contributed by atoms with Crippen molar-refractivity contribution in [3.05, 3.63) is 94.9 Å². The number of nitro benzene ring substituents is 1. The van der Waals surface area contributed by atoms with Crippen LogP contribution in [0.5, 0.6) is 11.5 Å². The molecule has 2 heterocycles. The second-order valence-corrected chi connectivity index (χ2v) is 7.63. The first-order valence-corrected chi connectivity index (χ1v) is 10.4. The maximum atomic E-state index is 12.7. The number of nitrogens with zero attached hydrogens (tertiary/aromatic N) is 3. The van der Waals surface area contributed by atoms with Gasteiger partial charge in [0.1, 0.15) is 17.2 Å². The smallest absolute Gasteiger partial charge is 0.416 e. The number of carbonyl (C=O) groups is 1. The zero-order chi connectivity index (χ0) is 25.9. The molecule has 9 nitrogen and oxygen atoms in total. The molecule has 4 aromatic rings. The monoisotopic (exact) mass is 497 g/mol. The Bertz CT molecular complexity index is 1420. The summed E-state index contributed by atoms with van der Waals surface area (Å²) >= 11 is 0. The Kier molecular flexibility index (Phi) is 6.59. The van der Waals surface area contributed by atoms with E-state index in [9.17, 15) is 28.1 Å². The van der Waals surface area contributed by atoms with Gasteiger partial charge in [-0.05, 0) is 42.5 Å². The van der Waals surface area contributed by atoms with Crippen molar-refractivity contribution in [2.75, 3.05) is 10.6 Å². The molecule has 0 radical (unpaired) electrons. The van der Waals surface area contributed by atoms with E-state index in [1.54, 1.807) is 18.3 Å². The van der Waals surface area contributed by atoms with Gasteiger partial charge in [-0.3, -0.25) is 15.1 Å². The fourth-order valence-electron chi connectivity index (χ4n) is 3.29. The van der Waals surface area contributed by atoms with Gasteiger partial charge in [0.05, 0.1) is 16.2 Å². The number of amides is 2. The molecule has 36 heavy (non-hydrogen) atoms. The van der Waals surface area contributed by atoms with Gasteiger partial charge in [0.15, 0.2) is 0 Å². The third-order valence-electron chi connectivity index (χ3n) is 4.98. The van der Waals surface area contributed by atoms with Crippen LogP contribution in [0.15, 0.2) is 79.3 Å². The molecule has 0 aliphatic carbocycles. The fourth-order valence-corrected chi connectivity index (χ4v) is 3.29. The number of nitro groups is 1. The molecule has 2 aromatic carbocycles. The van der Waals surface area contributed by atoms with Crippen LogP contribution in [0.3, 0.4) is 0 Å². The minimum atomic E-state index is -4.52. The molecule has 12 heteroatoms. The molecule has 0 unspecified atom stereocenters. The number of nitrogens with one attached hydrogen (secondary N) is 2. The van der Waals surface area contributed by atoms with Crippen molar-refractivity contribution in [1.29, 1.82) is 0 Å². The van der Waals surface area contributed by atoms with Crippen LogP contribution in [-0.4, -0.2) is 20.5 Å². The molecule has 2 amide bonds. The Morgan fingerprint density at radius 3 is 2.39 bits per heavy atom. The zero-order valence-corrected chi connectivity index (χ0v) is 18.6. The topological polar surface area (TPSA) is 111 Å². The first-order valence-electron chi connectivity index (χ1n) is 10.4. The van der Waals surface area contributed by atoms with Crippen LogP contribution in [0.4, 0.5) is 35.0 Å². The van der Waals surface area contributed by atoms with Crippen molar-refractivity contribution >= 4 is 23.1 Å². The lowest BCUT2D eigenvalue weighted by Gasteiger charge is -2.12. The maximum absolute atomic E-state index is 12.7. The van der Waals surface area contributed by atoms with Crippen LogP contribution in [0.1, 0.15) is 5.56 Å². The number of anilines is 2. The van der Waals surface area contributed by atoms with Gasteiger partial charge in [0.25, 0.3) is 5.69 Å². The Morgan fingerprint density at radius 1 is 1.03 bits per heavy atom. The molecule has 0 fully saturated rings. The number of hydrogen-bond acceptors (Lipinski definition) is 5. The number of urea groups is 1. The molecule has 0 aliphatic rings. The Labute approximate surface area is 202 Å². The van der Waals surface area contributed by atoms with Crippen molar-refractivity contribution < 1.29 is 27.6 Å². The number of pyridine rings is 1. The average Bonchev–Trinajstić information content (AvgIpc) is 3.25. The molecule has 0 aliphatic heterocycles. The molecule has 0 spiro atoms. The SMILES string of the molecule is Cn1ccc(-c2cc(Oc3ccc([N+](=O)[O-])c(NC(=O)Nc4ccc(C(F)(F)F)cc4)c3)ccn2)c1. The molecule has 4 rings (SSSR count). The number of halogens is 3. The highest BCUT2D eigenvalue weighted by Crippen LogP contribution is 2.33. The molecular weight excluding hydrogens is 479 g/mol. The summed E-state index contributed by atoms with van der Waals surface area (Å²) in [6, 6.07) is 11.9. The fraction of sp³-hybridized carbons (Fsp3) is 0.0833. The summed E-state index contributed by atoms with van der Waals surface area (Å²) in [6.07, 6.45) is 0.794. The number of aromatic nitrogens is 2. The van der Waals surface area contributed by atoms with Crippen molar-refractivity contribution in [3.8, 4) is 22.8 Å². The number of benzene rings is 2. The highest BCUT2D eigenvalue weighted by molar-refractivity contribution is 6.01. The van der Waals surface area contributed by atoms with Crippen LogP contribution in [0, 0.1) is 10.1 Å². The van der Waals surface area contributed by atoms with Crippen LogP contribution < -0.4 is 15.4 Å². The molecule has 0 saturated carbocycles. The third kappa shape index (κ3) is 5.78. The molecule has 2 N–H and O–H groups in total. The Morgan fingerprint density at radius 2 is 1.75 bits per heavy atom. The number of hydrogen-bond donors (Lipinski definition) is 2. The summed E-state index contributed by atoms with van der Waals surface area (Å²) in [4.78, 5) is 27.5. The molecule has 0 atom stereocenters. The minimum Gasteiger partial charge on any atom is -0.457 e. The summed E-state index contributed by atoms with van der Waals surface area (Å²) in [5.74, 6) is 0.619. The van der Waals surface area contributed by atoms with Crippen LogP contribution in [0.2, 0.25) is 0 Å². The van der Waals surface area contributed by atoms with E-state index in [1.165, 1.54) is 18.2 Å². The van der Waals surface area contributed by atoms with E-state index in [0.29, 0.717) is 11.4 Å². The van der Waals surface area contributed by atoms with E-state index in [-0.39, 0.29) is 17.1 Å². The van der Waals surface area contributed by atoms with Crippen molar-refractivity contribution in [2.24, 2.45) is 7.05 Å². The molecule has 2 aromatic heterocycles.